The van der Waals surface area contributed by atoms with Gasteiger partial charge in [-0.05, 0) is 34.7 Å². The number of amides is 1. The lowest BCUT2D eigenvalue weighted by atomic mass is 10.2. The molecule has 0 heterocycles. The van der Waals surface area contributed by atoms with E-state index in [-0.39, 0.29) is 9.13 Å². The molecule has 1 amide bonds. The molecule has 0 unspecified atom stereocenters. The Kier molecular flexibility index (Phi) is 3.18. The Bertz CT molecular complexity index is 354. The second-order valence-electron chi connectivity index (χ2n) is 2.30. The summed E-state index contributed by atoms with van der Waals surface area (Å²) in [6.07, 6.45) is 0. The molecule has 0 bridgehead atoms. The molecule has 5 heteroatoms. The van der Waals surface area contributed by atoms with Crippen LogP contribution in [-0.4, -0.2) is 13.0 Å². The smallest absolute Gasteiger partial charge is 0.254 e. The number of nitrogens with one attached hydrogen (secondary N) is 1. The summed E-state index contributed by atoms with van der Waals surface area (Å²) < 4.78 is 26.1. The Hall–Kier alpha value is -0.720. The van der Waals surface area contributed by atoms with Gasteiger partial charge >= 0.3 is 0 Å². The van der Waals surface area contributed by atoms with Crippen LogP contribution in [0, 0.1) is 15.2 Å². The van der Waals surface area contributed by atoms with Crippen LogP contribution in [0.3, 0.4) is 0 Å². The van der Waals surface area contributed by atoms with Crippen LogP contribution in [0.15, 0.2) is 12.1 Å². The highest BCUT2D eigenvalue weighted by molar-refractivity contribution is 14.1. The number of carbonyl (C=O) groups excluding carboxylic acids is 1. The minimum Gasteiger partial charge on any atom is -0.355 e. The van der Waals surface area contributed by atoms with Crippen molar-refractivity contribution in [1.29, 1.82) is 0 Å². The lowest BCUT2D eigenvalue weighted by molar-refractivity contribution is 0.0958. The monoisotopic (exact) mass is 297 g/mol. The van der Waals surface area contributed by atoms with E-state index < -0.39 is 17.5 Å². The maximum absolute atomic E-state index is 13.1. The van der Waals surface area contributed by atoms with Gasteiger partial charge in [0, 0.05) is 7.05 Å². The average Bonchev–Trinajstić information content (AvgIpc) is 2.13. The SMILES string of the molecule is CNC(=O)c1ccc(I)c(F)c1F. The largest absolute Gasteiger partial charge is 0.355 e. The highest BCUT2D eigenvalue weighted by Crippen LogP contribution is 2.17. The van der Waals surface area contributed by atoms with E-state index in [1.165, 1.54) is 19.2 Å². The third-order valence-electron chi connectivity index (χ3n) is 1.51. The van der Waals surface area contributed by atoms with Crippen LogP contribution in [0.5, 0.6) is 0 Å². The van der Waals surface area contributed by atoms with E-state index >= 15 is 0 Å². The topological polar surface area (TPSA) is 29.1 Å². The van der Waals surface area contributed by atoms with Gasteiger partial charge in [0.15, 0.2) is 11.6 Å². The summed E-state index contributed by atoms with van der Waals surface area (Å²) in [5, 5.41) is 2.22. The number of rotatable bonds is 1. The molecule has 2 nitrogen and oxygen atoms in total. The number of benzene rings is 1. The fourth-order valence-corrected chi connectivity index (χ4v) is 1.25. The fraction of sp³-hybridized carbons (Fsp3) is 0.125. The van der Waals surface area contributed by atoms with E-state index in [1.54, 1.807) is 22.6 Å². The van der Waals surface area contributed by atoms with Gasteiger partial charge in [-0.15, -0.1) is 0 Å². The average molecular weight is 297 g/mol. The van der Waals surface area contributed by atoms with Crippen molar-refractivity contribution < 1.29 is 13.6 Å². The van der Waals surface area contributed by atoms with E-state index in [0.717, 1.165) is 0 Å². The summed E-state index contributed by atoms with van der Waals surface area (Å²) in [5.74, 6) is -2.72. The molecule has 1 aromatic carbocycles. The molecule has 0 saturated carbocycles. The zero-order valence-electron chi connectivity index (χ0n) is 6.70. The molecular formula is C8H6F2INO. The van der Waals surface area contributed by atoms with Crippen LogP contribution >= 0.6 is 22.6 Å². The van der Waals surface area contributed by atoms with E-state index in [0.29, 0.717) is 0 Å². The van der Waals surface area contributed by atoms with E-state index in [9.17, 15) is 13.6 Å². The minimum atomic E-state index is -1.11. The molecule has 0 atom stereocenters. The second-order valence-corrected chi connectivity index (χ2v) is 3.46. The Balaban J connectivity index is 3.26. The first-order chi connectivity index (χ1) is 6.07. The lowest BCUT2D eigenvalue weighted by Gasteiger charge is -2.03. The molecule has 0 saturated heterocycles. The number of hydrogen-bond donors (Lipinski definition) is 1. The summed E-state index contributed by atoms with van der Waals surface area (Å²) in [7, 11) is 1.36. The van der Waals surface area contributed by atoms with Crippen molar-refractivity contribution in [2.75, 3.05) is 7.05 Å². The molecule has 0 aliphatic rings. The predicted molar refractivity (Wildman–Crippen MR) is 52.5 cm³/mol. The Morgan fingerprint density at radius 2 is 2.00 bits per heavy atom. The molecule has 1 N–H and O–H groups in total. The summed E-state index contributed by atoms with van der Waals surface area (Å²) in [6.45, 7) is 0. The van der Waals surface area contributed by atoms with Crippen LogP contribution in [0.2, 0.25) is 0 Å². The zero-order valence-corrected chi connectivity index (χ0v) is 8.85. The van der Waals surface area contributed by atoms with Crippen LogP contribution in [0.4, 0.5) is 8.78 Å². The minimum absolute atomic E-state index is 0.155. The maximum atomic E-state index is 13.1. The molecular weight excluding hydrogens is 291 g/mol. The van der Waals surface area contributed by atoms with Crippen molar-refractivity contribution >= 4 is 28.5 Å². The zero-order chi connectivity index (χ0) is 10.0. The van der Waals surface area contributed by atoms with Crippen molar-refractivity contribution in [3.8, 4) is 0 Å². The summed E-state index contributed by atoms with van der Waals surface area (Å²) in [5.41, 5.74) is -0.277. The van der Waals surface area contributed by atoms with Crippen LogP contribution in [0.25, 0.3) is 0 Å². The van der Waals surface area contributed by atoms with Gasteiger partial charge in [-0.2, -0.15) is 0 Å². The third-order valence-corrected chi connectivity index (χ3v) is 2.34. The van der Waals surface area contributed by atoms with E-state index in [1.807, 2.05) is 0 Å². The quantitative estimate of drug-likeness (QED) is 0.623. The highest BCUT2D eigenvalue weighted by atomic mass is 127. The Morgan fingerprint density at radius 1 is 1.38 bits per heavy atom. The molecule has 1 rings (SSSR count). The van der Waals surface area contributed by atoms with Gasteiger partial charge in [-0.1, -0.05) is 0 Å². The van der Waals surface area contributed by atoms with Gasteiger partial charge in [0.1, 0.15) is 0 Å². The van der Waals surface area contributed by atoms with Crippen LogP contribution in [0.1, 0.15) is 10.4 Å². The molecule has 1 aromatic rings. The normalized spacial score (nSPS) is 9.85. The molecule has 0 fully saturated rings. The van der Waals surface area contributed by atoms with Crippen molar-refractivity contribution in [3.63, 3.8) is 0 Å². The van der Waals surface area contributed by atoms with Crippen LogP contribution in [-0.2, 0) is 0 Å². The van der Waals surface area contributed by atoms with Gasteiger partial charge in [0.2, 0.25) is 0 Å². The van der Waals surface area contributed by atoms with Crippen molar-refractivity contribution in [3.05, 3.63) is 32.9 Å². The van der Waals surface area contributed by atoms with Crippen LogP contribution < -0.4 is 5.32 Å². The summed E-state index contributed by atoms with van der Waals surface area (Å²) in [6, 6.07) is 2.60. The van der Waals surface area contributed by atoms with Gasteiger partial charge < -0.3 is 5.32 Å². The van der Waals surface area contributed by atoms with Gasteiger partial charge in [0.25, 0.3) is 5.91 Å². The third kappa shape index (κ3) is 1.96. The molecule has 13 heavy (non-hydrogen) atoms. The van der Waals surface area contributed by atoms with Gasteiger partial charge in [-0.25, -0.2) is 8.78 Å². The maximum Gasteiger partial charge on any atom is 0.254 e. The second kappa shape index (κ2) is 3.99. The summed E-state index contributed by atoms with van der Waals surface area (Å²) >= 11 is 1.66. The first-order valence-corrected chi connectivity index (χ1v) is 4.51. The molecule has 0 aromatic heterocycles. The number of halogens is 3. The van der Waals surface area contributed by atoms with Crippen molar-refractivity contribution in [2.45, 2.75) is 0 Å². The van der Waals surface area contributed by atoms with Crippen molar-refractivity contribution in [1.82, 2.24) is 5.32 Å². The molecule has 0 spiro atoms. The Morgan fingerprint density at radius 3 is 2.54 bits per heavy atom. The standard InChI is InChI=1S/C8H6F2INO/c1-12-8(13)4-2-3-5(11)7(10)6(4)9/h2-3H,1H3,(H,12,13). The number of hydrogen-bond acceptors (Lipinski definition) is 1. The fourth-order valence-electron chi connectivity index (χ4n) is 0.836. The first kappa shape index (κ1) is 10.4. The van der Waals surface area contributed by atoms with Gasteiger partial charge in [0.05, 0.1) is 9.13 Å². The molecule has 0 aliphatic heterocycles. The first-order valence-electron chi connectivity index (χ1n) is 3.43. The highest BCUT2D eigenvalue weighted by Gasteiger charge is 2.16. The molecule has 70 valence electrons. The number of carbonyl (C=O) groups is 1. The predicted octanol–water partition coefficient (Wildman–Crippen LogP) is 1.93. The van der Waals surface area contributed by atoms with E-state index in [2.05, 4.69) is 5.32 Å². The van der Waals surface area contributed by atoms with Crippen molar-refractivity contribution in [2.24, 2.45) is 0 Å². The Labute approximate surface area is 87.5 Å². The lowest BCUT2D eigenvalue weighted by Crippen LogP contribution is -2.20. The molecule has 0 radical (unpaired) electrons. The van der Waals surface area contributed by atoms with E-state index in [4.69, 9.17) is 0 Å². The summed E-state index contributed by atoms with van der Waals surface area (Å²) in [4.78, 5) is 11.0. The molecule has 0 aliphatic carbocycles. The van der Waals surface area contributed by atoms with Gasteiger partial charge in [-0.3, -0.25) is 4.79 Å².